The number of hydrogen-bond acceptors (Lipinski definition) is 9. The lowest BCUT2D eigenvalue weighted by molar-refractivity contribution is -0.0872. The molecule has 10 fully saturated rings. The Morgan fingerprint density at radius 2 is 0.597 bits per heavy atom. The van der Waals surface area contributed by atoms with Crippen LogP contribution in [0.2, 0.25) is 0 Å². The Balaban J connectivity index is 0.000000130. The standard InChI is InChI=1S/C13H25N.C11H22N2.2C10H20N2.C9H18N2/c1-12(2,3)14-10-8-13(9-11-14)6-4-5-7-13;1-10(2,3)13-8-11(9-13)4-6-12-7-5-11;1-9(2,3)12-5-4-10(8-12)6-11-7-10;1-9(2,3)12-7-10(8-12)4-5-11-6-10;1-8(2,3)11-6-9(7-11)4-10-5-9/h4-11H2,1-3H3;12H,4-9H2,1-3H3;2*11H,4-8H2,1-3H3;10H,4-7H2,1-3H3. The average molecular weight is 868 g/mol. The number of piperidine rings is 2. The van der Waals surface area contributed by atoms with Crippen LogP contribution in [0, 0.1) is 27.1 Å². The molecule has 9 aliphatic heterocycles. The molecule has 0 aromatic heterocycles. The lowest BCUT2D eigenvalue weighted by atomic mass is 9.71. The second-order valence-corrected chi connectivity index (χ2v) is 28.2. The van der Waals surface area contributed by atoms with E-state index in [0.717, 1.165) is 5.41 Å². The molecule has 9 saturated heterocycles. The maximum Gasteiger partial charge on any atom is 0.0207 e. The zero-order valence-corrected chi connectivity index (χ0v) is 44.0. The summed E-state index contributed by atoms with van der Waals surface area (Å²) in [6, 6.07) is 0. The SMILES string of the molecule is CC(C)(C)N1CC2(CCNC2)C1.CC(C)(C)N1CC2(CCNCC2)C1.CC(C)(C)N1CC2(CNC2)C1.CC(C)(C)N1CCC2(CCCC2)CC1.CC(C)(C)N1CCC2(CNC2)C1. The molecule has 0 aromatic rings. The molecule has 362 valence electrons. The van der Waals surface area contributed by atoms with Crippen LogP contribution in [-0.4, -0.2) is 170 Å². The maximum absolute atomic E-state index is 3.46. The molecule has 9 heterocycles. The normalized spacial score (nSPS) is 29.1. The van der Waals surface area contributed by atoms with Crippen molar-refractivity contribution in [3.63, 3.8) is 0 Å². The van der Waals surface area contributed by atoms with E-state index in [0.29, 0.717) is 49.4 Å². The fourth-order valence-corrected chi connectivity index (χ4v) is 12.3. The van der Waals surface area contributed by atoms with E-state index in [4.69, 9.17) is 0 Å². The van der Waals surface area contributed by atoms with E-state index in [2.05, 4.69) is 150 Å². The van der Waals surface area contributed by atoms with Gasteiger partial charge in [0, 0.05) is 122 Å². The molecule has 10 aliphatic rings. The first kappa shape index (κ1) is 51.0. The van der Waals surface area contributed by atoms with Crippen LogP contribution in [0.15, 0.2) is 0 Å². The maximum atomic E-state index is 3.46. The van der Waals surface area contributed by atoms with Gasteiger partial charge in [-0.3, -0.25) is 24.5 Å². The fourth-order valence-electron chi connectivity index (χ4n) is 12.3. The van der Waals surface area contributed by atoms with Crippen molar-refractivity contribution >= 4 is 0 Å². The van der Waals surface area contributed by atoms with Crippen LogP contribution >= 0.6 is 0 Å². The van der Waals surface area contributed by atoms with Crippen molar-refractivity contribution in [2.75, 3.05) is 118 Å². The minimum atomic E-state index is 0.374. The molecule has 0 radical (unpaired) electrons. The predicted octanol–water partition coefficient (Wildman–Crippen LogP) is 7.76. The summed E-state index contributed by atoms with van der Waals surface area (Å²) in [6.07, 6.45) is 14.5. The van der Waals surface area contributed by atoms with Crippen LogP contribution in [0.5, 0.6) is 0 Å². The smallest absolute Gasteiger partial charge is 0.0207 e. The minimum absolute atomic E-state index is 0.374. The van der Waals surface area contributed by atoms with Crippen LogP contribution in [0.1, 0.15) is 168 Å². The summed E-state index contributed by atoms with van der Waals surface area (Å²) >= 11 is 0. The Morgan fingerprint density at radius 3 is 0.935 bits per heavy atom. The summed E-state index contributed by atoms with van der Waals surface area (Å²) < 4.78 is 0. The van der Waals surface area contributed by atoms with E-state index in [1.165, 1.54) is 182 Å². The van der Waals surface area contributed by atoms with Crippen molar-refractivity contribution in [3.8, 4) is 0 Å². The van der Waals surface area contributed by atoms with Crippen molar-refractivity contribution in [1.29, 1.82) is 0 Å². The first-order valence-electron chi connectivity index (χ1n) is 26.2. The highest BCUT2D eigenvalue weighted by molar-refractivity contribution is 5.07. The first-order chi connectivity index (χ1) is 28.6. The van der Waals surface area contributed by atoms with Crippen LogP contribution < -0.4 is 21.3 Å². The zero-order chi connectivity index (χ0) is 45.5. The van der Waals surface area contributed by atoms with E-state index in [-0.39, 0.29) is 0 Å². The van der Waals surface area contributed by atoms with Gasteiger partial charge in [0.1, 0.15) is 0 Å². The van der Waals surface area contributed by atoms with Crippen LogP contribution in [0.4, 0.5) is 0 Å². The fraction of sp³-hybridized carbons (Fsp3) is 1.00. The summed E-state index contributed by atoms with van der Waals surface area (Å²) in [5.74, 6) is 0. The Labute approximate surface area is 385 Å². The van der Waals surface area contributed by atoms with E-state index in [1.54, 1.807) is 0 Å². The van der Waals surface area contributed by atoms with E-state index in [9.17, 15) is 0 Å². The van der Waals surface area contributed by atoms with Gasteiger partial charge in [0.25, 0.3) is 0 Å². The van der Waals surface area contributed by atoms with Gasteiger partial charge in [-0.25, -0.2) is 0 Å². The third-order valence-electron chi connectivity index (χ3n) is 17.8. The second kappa shape index (κ2) is 19.0. The summed E-state index contributed by atoms with van der Waals surface area (Å²) in [4.78, 5) is 13.0. The molecule has 0 aromatic carbocycles. The van der Waals surface area contributed by atoms with Crippen LogP contribution in [0.3, 0.4) is 0 Å². The van der Waals surface area contributed by atoms with E-state index >= 15 is 0 Å². The molecular formula is C53H105N9. The molecule has 62 heavy (non-hydrogen) atoms. The van der Waals surface area contributed by atoms with Crippen molar-refractivity contribution in [2.45, 2.75) is 196 Å². The second-order valence-electron chi connectivity index (χ2n) is 28.2. The van der Waals surface area contributed by atoms with Gasteiger partial charge >= 0.3 is 0 Å². The lowest BCUT2D eigenvalue weighted by Crippen LogP contribution is -2.73. The molecule has 9 heteroatoms. The Morgan fingerprint density at radius 1 is 0.274 bits per heavy atom. The zero-order valence-electron chi connectivity index (χ0n) is 44.0. The number of nitrogens with one attached hydrogen (secondary N) is 4. The molecule has 9 nitrogen and oxygen atoms in total. The number of likely N-dealkylation sites (tertiary alicyclic amines) is 5. The molecular weight excluding hydrogens is 763 g/mol. The number of nitrogens with zero attached hydrogens (tertiary/aromatic N) is 5. The van der Waals surface area contributed by atoms with Crippen molar-refractivity contribution in [3.05, 3.63) is 0 Å². The highest BCUT2D eigenvalue weighted by Gasteiger charge is 2.51. The molecule has 0 amide bonds. The third kappa shape index (κ3) is 12.8. The molecule has 0 unspecified atom stereocenters. The predicted molar refractivity (Wildman–Crippen MR) is 266 cm³/mol. The summed E-state index contributed by atoms with van der Waals surface area (Å²) in [7, 11) is 0. The van der Waals surface area contributed by atoms with Crippen molar-refractivity contribution in [1.82, 2.24) is 45.8 Å². The van der Waals surface area contributed by atoms with Gasteiger partial charge in [-0.1, -0.05) is 12.8 Å². The van der Waals surface area contributed by atoms with Gasteiger partial charge in [-0.05, 0) is 205 Å². The van der Waals surface area contributed by atoms with Gasteiger partial charge in [0.05, 0.1) is 0 Å². The highest BCUT2D eigenvalue weighted by Crippen LogP contribution is 2.47. The van der Waals surface area contributed by atoms with Gasteiger partial charge < -0.3 is 21.3 Å². The topological polar surface area (TPSA) is 64.3 Å². The largest absolute Gasteiger partial charge is 0.317 e. The van der Waals surface area contributed by atoms with Crippen molar-refractivity contribution in [2.24, 2.45) is 27.1 Å². The Hall–Kier alpha value is -0.360. The van der Waals surface area contributed by atoms with Gasteiger partial charge in [-0.15, -0.1) is 0 Å². The lowest BCUT2D eigenvalue weighted by Gasteiger charge is -2.60. The highest BCUT2D eigenvalue weighted by atomic mass is 15.3. The number of hydrogen-bond donors (Lipinski definition) is 4. The van der Waals surface area contributed by atoms with Crippen LogP contribution in [-0.2, 0) is 0 Å². The van der Waals surface area contributed by atoms with E-state index < -0.39 is 0 Å². The number of rotatable bonds is 0. The van der Waals surface area contributed by atoms with Gasteiger partial charge in [-0.2, -0.15) is 0 Å². The molecule has 4 N–H and O–H groups in total. The summed E-state index contributed by atoms with van der Waals surface area (Å²) in [6.45, 7) is 57.9. The van der Waals surface area contributed by atoms with Gasteiger partial charge in [0.2, 0.25) is 0 Å². The molecule has 10 rings (SSSR count). The summed E-state index contributed by atoms with van der Waals surface area (Å²) in [5, 5.41) is 13.6. The van der Waals surface area contributed by atoms with Gasteiger partial charge in [0.15, 0.2) is 0 Å². The quantitative estimate of drug-likeness (QED) is 0.196. The monoisotopic (exact) mass is 868 g/mol. The molecule has 5 spiro atoms. The third-order valence-corrected chi connectivity index (χ3v) is 17.8. The Bertz CT molecular complexity index is 1360. The van der Waals surface area contributed by atoms with E-state index in [1.807, 2.05) is 0 Å². The molecule has 0 bridgehead atoms. The molecule has 0 atom stereocenters. The van der Waals surface area contributed by atoms with Crippen molar-refractivity contribution < 1.29 is 0 Å². The Kier molecular flexibility index (Phi) is 15.6. The minimum Gasteiger partial charge on any atom is -0.317 e. The molecule has 1 saturated carbocycles. The molecule has 1 aliphatic carbocycles. The van der Waals surface area contributed by atoms with Crippen LogP contribution in [0.25, 0.3) is 0 Å². The summed E-state index contributed by atoms with van der Waals surface area (Å²) in [5.41, 5.74) is 5.40. The first-order valence-corrected chi connectivity index (χ1v) is 26.2. The average Bonchev–Trinajstić information content (AvgIpc) is 3.86.